The molecule has 0 radical (unpaired) electrons. The van der Waals surface area contributed by atoms with Crippen LogP contribution in [0.25, 0.3) is 0 Å². The van der Waals surface area contributed by atoms with E-state index in [0.717, 1.165) is 0 Å². The summed E-state index contributed by atoms with van der Waals surface area (Å²) in [5, 5.41) is 19.0. The molecule has 0 saturated carbocycles. The fourth-order valence-corrected chi connectivity index (χ4v) is 1.83. The molecule has 1 aromatic carbocycles. The van der Waals surface area contributed by atoms with Crippen molar-refractivity contribution in [1.29, 1.82) is 10.7 Å². The lowest BCUT2D eigenvalue weighted by atomic mass is 10.0. The van der Waals surface area contributed by atoms with E-state index in [1.54, 1.807) is 18.2 Å². The zero-order valence-electron chi connectivity index (χ0n) is 13.1. The molecule has 24 heavy (non-hydrogen) atoms. The number of ether oxygens (including phenoxy) is 1. The summed E-state index contributed by atoms with van der Waals surface area (Å²) in [5.74, 6) is -3.23. The topological polar surface area (TPSA) is 120 Å². The maximum absolute atomic E-state index is 12.0. The van der Waals surface area contributed by atoms with Crippen molar-refractivity contribution in [1.82, 2.24) is 5.32 Å². The van der Waals surface area contributed by atoms with Crippen molar-refractivity contribution in [3.63, 3.8) is 0 Å². The van der Waals surface area contributed by atoms with Gasteiger partial charge in [-0.25, -0.2) is 4.79 Å². The average molecular weight is 350 g/mol. The highest BCUT2D eigenvalue weighted by Gasteiger charge is 2.24. The molecule has 2 N–H and O–H groups in total. The zero-order valence-corrected chi connectivity index (χ0v) is 13.9. The lowest BCUT2D eigenvalue weighted by Gasteiger charge is -2.14. The first-order valence-corrected chi connectivity index (χ1v) is 7.34. The van der Waals surface area contributed by atoms with E-state index < -0.39 is 36.2 Å². The number of carbonyl (C=O) groups is 3. The maximum atomic E-state index is 12.0. The van der Waals surface area contributed by atoms with Gasteiger partial charge < -0.3 is 15.5 Å². The molecule has 7 nitrogen and oxygen atoms in total. The Bertz CT molecular complexity index is 694. The van der Waals surface area contributed by atoms with E-state index in [2.05, 4.69) is 5.32 Å². The van der Waals surface area contributed by atoms with E-state index in [-0.39, 0.29) is 5.71 Å². The molecule has 0 bridgehead atoms. The number of hydrogen-bond acceptors (Lipinski definition) is 6. The molecule has 2 atom stereocenters. The number of benzene rings is 1. The van der Waals surface area contributed by atoms with Crippen molar-refractivity contribution in [3.05, 3.63) is 34.9 Å². The Balaban J connectivity index is 2.54. The Morgan fingerprint density at radius 3 is 2.42 bits per heavy atom. The largest absolute Gasteiger partial charge is 0.456 e. The van der Waals surface area contributed by atoms with E-state index in [0.29, 0.717) is 10.6 Å². The van der Waals surface area contributed by atoms with Gasteiger partial charge in [-0.2, -0.15) is 5.26 Å². The molecular formula is C16H16ClN3O4. The summed E-state index contributed by atoms with van der Waals surface area (Å²) in [5.41, 5.74) is 0.196. The molecule has 0 unspecified atom stereocenters. The summed E-state index contributed by atoms with van der Waals surface area (Å²) in [6, 6.07) is 6.77. The first-order chi connectivity index (χ1) is 11.3. The molecule has 0 aliphatic rings. The van der Waals surface area contributed by atoms with Gasteiger partial charge in [-0.15, -0.1) is 0 Å². The smallest absolute Gasteiger partial charge is 0.328 e. The normalized spacial score (nSPS) is 12.4. The predicted octanol–water partition coefficient (Wildman–Crippen LogP) is 1.75. The second-order valence-corrected chi connectivity index (χ2v) is 5.46. The quantitative estimate of drug-likeness (QED) is 0.574. The third kappa shape index (κ3) is 5.48. The molecule has 1 rings (SSSR count). The van der Waals surface area contributed by atoms with Crippen LogP contribution in [-0.2, 0) is 14.3 Å². The Hall–Kier alpha value is -2.72. The number of hydrogen-bond donors (Lipinski definition) is 2. The first kappa shape index (κ1) is 19.3. The number of amides is 1. The summed E-state index contributed by atoms with van der Waals surface area (Å²) in [6.45, 7) is 2.10. The minimum Gasteiger partial charge on any atom is -0.456 e. The van der Waals surface area contributed by atoms with Crippen LogP contribution in [0.2, 0.25) is 5.02 Å². The van der Waals surface area contributed by atoms with E-state index in [9.17, 15) is 14.4 Å². The van der Waals surface area contributed by atoms with Crippen molar-refractivity contribution < 1.29 is 19.1 Å². The molecule has 0 aromatic heterocycles. The average Bonchev–Trinajstić information content (AvgIpc) is 2.53. The van der Waals surface area contributed by atoms with Crippen molar-refractivity contribution >= 4 is 35.0 Å². The van der Waals surface area contributed by atoms with Crippen LogP contribution in [0, 0.1) is 22.7 Å². The summed E-state index contributed by atoms with van der Waals surface area (Å²) in [7, 11) is 0. The van der Waals surface area contributed by atoms with Gasteiger partial charge in [0.05, 0.1) is 6.07 Å². The highest BCUT2D eigenvalue weighted by Crippen LogP contribution is 2.09. The van der Waals surface area contributed by atoms with Crippen LogP contribution in [0.15, 0.2) is 24.3 Å². The van der Waals surface area contributed by atoms with Crippen molar-refractivity contribution in [2.45, 2.75) is 19.9 Å². The number of rotatable bonds is 7. The number of Topliss-reactive ketones (excluding diaryl/α,β-unsaturated/α-hetero) is 1. The van der Waals surface area contributed by atoms with Gasteiger partial charge in [0, 0.05) is 16.3 Å². The van der Waals surface area contributed by atoms with Crippen LogP contribution >= 0.6 is 11.6 Å². The van der Waals surface area contributed by atoms with Gasteiger partial charge in [0.25, 0.3) is 5.91 Å². The maximum Gasteiger partial charge on any atom is 0.328 e. The lowest BCUT2D eigenvalue weighted by Crippen LogP contribution is -2.40. The van der Waals surface area contributed by atoms with Crippen LogP contribution in [-0.4, -0.2) is 36.0 Å². The molecule has 126 valence electrons. The van der Waals surface area contributed by atoms with Gasteiger partial charge in [0.2, 0.25) is 0 Å². The molecule has 0 aliphatic carbocycles. The molecule has 0 saturated heterocycles. The minimum atomic E-state index is -1.24. The van der Waals surface area contributed by atoms with Crippen LogP contribution in [0.5, 0.6) is 0 Å². The monoisotopic (exact) mass is 349 g/mol. The number of nitriles is 1. The second-order valence-electron chi connectivity index (χ2n) is 5.02. The van der Waals surface area contributed by atoms with E-state index in [1.165, 1.54) is 26.0 Å². The molecule has 0 spiro atoms. The number of halogens is 1. The van der Waals surface area contributed by atoms with Crippen molar-refractivity contribution in [3.8, 4) is 6.07 Å². The van der Waals surface area contributed by atoms with Crippen LogP contribution < -0.4 is 5.32 Å². The Labute approximate surface area is 144 Å². The Kier molecular flexibility index (Phi) is 7.08. The highest BCUT2D eigenvalue weighted by atomic mass is 35.5. The third-order valence-electron chi connectivity index (χ3n) is 3.05. The first-order valence-electron chi connectivity index (χ1n) is 6.96. The molecular weight excluding hydrogens is 334 g/mol. The summed E-state index contributed by atoms with van der Waals surface area (Å²) >= 11 is 5.73. The Morgan fingerprint density at radius 2 is 1.92 bits per heavy atom. The number of nitrogens with zero attached hydrogens (tertiary/aromatic N) is 1. The standard InChI is InChI=1S/C16H16ClN3O4/c1-9(19)13(7-18)14(21)8-24-16(23)10(2)20-15(22)11-3-5-12(17)6-4-11/h3-6,10,13,19H,8H2,1-2H3,(H,20,22)/t10-,13-/m0/s1. The molecule has 0 heterocycles. The van der Waals surface area contributed by atoms with Crippen molar-refractivity contribution in [2.75, 3.05) is 6.61 Å². The molecule has 1 aromatic rings. The molecule has 0 aliphatic heterocycles. The fraction of sp³-hybridized carbons (Fsp3) is 0.312. The van der Waals surface area contributed by atoms with E-state index in [4.69, 9.17) is 27.0 Å². The highest BCUT2D eigenvalue weighted by molar-refractivity contribution is 6.30. The third-order valence-corrected chi connectivity index (χ3v) is 3.30. The van der Waals surface area contributed by atoms with Gasteiger partial charge in [0.1, 0.15) is 12.0 Å². The van der Waals surface area contributed by atoms with Crippen LogP contribution in [0.1, 0.15) is 24.2 Å². The number of carbonyl (C=O) groups excluding carboxylic acids is 3. The van der Waals surface area contributed by atoms with Gasteiger partial charge in [-0.05, 0) is 38.1 Å². The van der Waals surface area contributed by atoms with Crippen molar-refractivity contribution in [2.24, 2.45) is 5.92 Å². The number of ketones is 1. The second kappa shape index (κ2) is 8.79. The van der Waals surface area contributed by atoms with E-state index in [1.807, 2.05) is 0 Å². The van der Waals surface area contributed by atoms with Gasteiger partial charge in [-0.3, -0.25) is 9.59 Å². The minimum absolute atomic E-state index is 0.123. The van der Waals surface area contributed by atoms with Gasteiger partial charge in [0.15, 0.2) is 12.4 Å². The molecule has 1 amide bonds. The lowest BCUT2D eigenvalue weighted by molar-refractivity contribution is -0.149. The summed E-state index contributed by atoms with van der Waals surface area (Å²) in [4.78, 5) is 35.4. The van der Waals surface area contributed by atoms with Crippen LogP contribution in [0.3, 0.4) is 0 Å². The molecule has 8 heteroatoms. The SMILES string of the molecule is CC(=N)[C@H](C#N)C(=O)COC(=O)[C@H](C)NC(=O)c1ccc(Cl)cc1. The fourth-order valence-electron chi connectivity index (χ4n) is 1.70. The van der Waals surface area contributed by atoms with Crippen LogP contribution in [0.4, 0.5) is 0 Å². The summed E-state index contributed by atoms with van der Waals surface area (Å²) < 4.78 is 4.78. The zero-order chi connectivity index (χ0) is 18.3. The van der Waals surface area contributed by atoms with Gasteiger partial charge >= 0.3 is 5.97 Å². The van der Waals surface area contributed by atoms with Gasteiger partial charge in [-0.1, -0.05) is 11.6 Å². The Morgan fingerprint density at radius 1 is 1.33 bits per heavy atom. The van der Waals surface area contributed by atoms with E-state index >= 15 is 0 Å². The number of nitrogens with one attached hydrogen (secondary N) is 2. The predicted molar refractivity (Wildman–Crippen MR) is 86.8 cm³/mol. The number of esters is 1. The summed E-state index contributed by atoms with van der Waals surface area (Å²) in [6.07, 6.45) is 0. The molecule has 0 fully saturated rings.